The van der Waals surface area contributed by atoms with Crippen LogP contribution in [0.2, 0.25) is 0 Å². The average Bonchev–Trinajstić information content (AvgIpc) is 2.13. The Morgan fingerprint density at radius 1 is 1.46 bits per heavy atom. The van der Waals surface area contributed by atoms with Crippen molar-refractivity contribution in [2.45, 2.75) is 32.6 Å². The highest BCUT2D eigenvalue weighted by atomic mass is 16.5. The van der Waals surface area contributed by atoms with E-state index in [1.165, 1.54) is 38.8 Å². The number of piperidine rings is 1. The van der Waals surface area contributed by atoms with E-state index in [1.807, 2.05) is 0 Å². The van der Waals surface area contributed by atoms with Crippen LogP contribution in [-0.2, 0) is 4.74 Å². The summed E-state index contributed by atoms with van der Waals surface area (Å²) < 4.78 is 5.42. The first-order chi connectivity index (χ1) is 6.37. The molecule has 1 N–H and O–H groups in total. The van der Waals surface area contributed by atoms with Crippen molar-refractivity contribution < 1.29 is 4.74 Å². The highest BCUT2D eigenvalue weighted by Gasteiger charge is 2.44. The third-order valence-electron chi connectivity index (χ3n) is 3.69. The predicted octanol–water partition coefficient (Wildman–Crippen LogP) is 1.80. The molecule has 0 bridgehead atoms. The minimum Gasteiger partial charge on any atom is -0.380 e. The third kappa shape index (κ3) is 1.75. The third-order valence-corrected chi connectivity index (χ3v) is 3.69. The van der Waals surface area contributed by atoms with E-state index < -0.39 is 0 Å². The van der Waals surface area contributed by atoms with Crippen molar-refractivity contribution in [3.8, 4) is 0 Å². The van der Waals surface area contributed by atoms with Gasteiger partial charge in [-0.1, -0.05) is 13.3 Å². The fourth-order valence-electron chi connectivity index (χ4n) is 2.82. The smallest absolute Gasteiger partial charge is 0.0547 e. The SMILES string of the molecule is CCCC1(C2CCCNC2)COC1. The Kier molecular flexibility index (Phi) is 2.89. The van der Waals surface area contributed by atoms with E-state index in [1.54, 1.807) is 0 Å². The largest absolute Gasteiger partial charge is 0.380 e. The Balaban J connectivity index is 1.93. The molecule has 2 fully saturated rings. The van der Waals surface area contributed by atoms with Gasteiger partial charge in [-0.2, -0.15) is 0 Å². The molecule has 0 aromatic heterocycles. The van der Waals surface area contributed by atoms with Gasteiger partial charge in [0.05, 0.1) is 13.2 Å². The molecule has 0 saturated carbocycles. The molecule has 0 radical (unpaired) electrons. The van der Waals surface area contributed by atoms with Gasteiger partial charge in [-0.3, -0.25) is 0 Å². The van der Waals surface area contributed by atoms with Crippen LogP contribution in [0.4, 0.5) is 0 Å². The normalized spacial score (nSPS) is 32.5. The lowest BCUT2D eigenvalue weighted by Gasteiger charge is -2.49. The van der Waals surface area contributed by atoms with E-state index in [2.05, 4.69) is 12.2 Å². The van der Waals surface area contributed by atoms with Crippen molar-refractivity contribution >= 4 is 0 Å². The van der Waals surface area contributed by atoms with Crippen LogP contribution in [0.5, 0.6) is 0 Å². The van der Waals surface area contributed by atoms with Crippen LogP contribution >= 0.6 is 0 Å². The molecule has 2 heteroatoms. The highest BCUT2D eigenvalue weighted by molar-refractivity contribution is 4.93. The maximum Gasteiger partial charge on any atom is 0.0547 e. The van der Waals surface area contributed by atoms with Crippen LogP contribution in [0, 0.1) is 11.3 Å². The lowest BCUT2D eigenvalue weighted by atomic mass is 9.68. The van der Waals surface area contributed by atoms with Crippen molar-refractivity contribution in [3.05, 3.63) is 0 Å². The number of rotatable bonds is 3. The zero-order chi connectivity index (χ0) is 9.15. The van der Waals surface area contributed by atoms with Crippen molar-refractivity contribution in [2.75, 3.05) is 26.3 Å². The van der Waals surface area contributed by atoms with Gasteiger partial charge in [0, 0.05) is 5.41 Å². The standard InChI is InChI=1S/C11H21NO/c1-2-5-11(8-13-9-11)10-4-3-6-12-7-10/h10,12H,2-9H2,1H3. The summed E-state index contributed by atoms with van der Waals surface area (Å²) in [5, 5.41) is 3.51. The molecule has 2 nitrogen and oxygen atoms in total. The molecule has 13 heavy (non-hydrogen) atoms. The van der Waals surface area contributed by atoms with E-state index in [9.17, 15) is 0 Å². The Morgan fingerprint density at radius 2 is 2.31 bits per heavy atom. The van der Waals surface area contributed by atoms with Crippen LogP contribution in [0.1, 0.15) is 32.6 Å². The van der Waals surface area contributed by atoms with Gasteiger partial charge in [0.2, 0.25) is 0 Å². The number of ether oxygens (including phenoxy) is 1. The maximum absolute atomic E-state index is 5.42. The summed E-state index contributed by atoms with van der Waals surface area (Å²) in [5.74, 6) is 0.884. The zero-order valence-electron chi connectivity index (χ0n) is 8.64. The maximum atomic E-state index is 5.42. The molecule has 2 heterocycles. The first-order valence-electron chi connectivity index (χ1n) is 5.66. The molecule has 2 aliphatic rings. The Bertz CT molecular complexity index is 159. The predicted molar refractivity (Wildman–Crippen MR) is 53.8 cm³/mol. The molecule has 0 aromatic carbocycles. The van der Waals surface area contributed by atoms with E-state index in [4.69, 9.17) is 4.74 Å². The Labute approximate surface area is 81.0 Å². The monoisotopic (exact) mass is 183 g/mol. The van der Waals surface area contributed by atoms with Crippen LogP contribution in [0.15, 0.2) is 0 Å². The average molecular weight is 183 g/mol. The molecule has 0 aliphatic carbocycles. The number of hydrogen-bond donors (Lipinski definition) is 1. The fraction of sp³-hybridized carbons (Fsp3) is 1.00. The van der Waals surface area contributed by atoms with Gasteiger partial charge in [-0.05, 0) is 38.3 Å². The van der Waals surface area contributed by atoms with E-state index >= 15 is 0 Å². The molecule has 0 amide bonds. The second-order valence-electron chi connectivity index (χ2n) is 4.65. The van der Waals surface area contributed by atoms with Crippen molar-refractivity contribution in [2.24, 2.45) is 11.3 Å². The summed E-state index contributed by atoms with van der Waals surface area (Å²) >= 11 is 0. The fourth-order valence-corrected chi connectivity index (χ4v) is 2.82. The van der Waals surface area contributed by atoms with Crippen molar-refractivity contribution in [1.29, 1.82) is 0 Å². The van der Waals surface area contributed by atoms with Crippen LogP contribution < -0.4 is 5.32 Å². The summed E-state index contributed by atoms with van der Waals surface area (Å²) in [6, 6.07) is 0. The van der Waals surface area contributed by atoms with E-state index in [-0.39, 0.29) is 0 Å². The summed E-state index contributed by atoms with van der Waals surface area (Å²) in [6.07, 6.45) is 5.44. The minimum atomic E-state index is 0.558. The second kappa shape index (κ2) is 3.97. The first kappa shape index (κ1) is 9.47. The van der Waals surface area contributed by atoms with Gasteiger partial charge in [0.1, 0.15) is 0 Å². The van der Waals surface area contributed by atoms with E-state index in [0.29, 0.717) is 5.41 Å². The molecule has 0 aromatic rings. The number of hydrogen-bond acceptors (Lipinski definition) is 2. The molecule has 1 atom stereocenters. The lowest BCUT2D eigenvalue weighted by Crippen LogP contribution is -2.52. The molecular weight excluding hydrogens is 162 g/mol. The minimum absolute atomic E-state index is 0.558. The quantitative estimate of drug-likeness (QED) is 0.720. The molecule has 2 saturated heterocycles. The highest BCUT2D eigenvalue weighted by Crippen LogP contribution is 2.42. The molecule has 2 rings (SSSR count). The second-order valence-corrected chi connectivity index (χ2v) is 4.65. The lowest BCUT2D eigenvalue weighted by molar-refractivity contribution is -0.154. The molecule has 1 unspecified atom stereocenters. The van der Waals surface area contributed by atoms with Crippen molar-refractivity contribution in [1.82, 2.24) is 5.32 Å². The Morgan fingerprint density at radius 3 is 2.77 bits per heavy atom. The van der Waals surface area contributed by atoms with Crippen LogP contribution in [0.25, 0.3) is 0 Å². The number of nitrogens with one attached hydrogen (secondary N) is 1. The van der Waals surface area contributed by atoms with Gasteiger partial charge in [0.25, 0.3) is 0 Å². The topological polar surface area (TPSA) is 21.3 Å². The molecule has 76 valence electrons. The molecule has 2 aliphatic heterocycles. The van der Waals surface area contributed by atoms with Crippen molar-refractivity contribution in [3.63, 3.8) is 0 Å². The van der Waals surface area contributed by atoms with Gasteiger partial charge in [-0.15, -0.1) is 0 Å². The first-order valence-corrected chi connectivity index (χ1v) is 5.66. The molecule has 0 spiro atoms. The van der Waals surface area contributed by atoms with Gasteiger partial charge in [0.15, 0.2) is 0 Å². The summed E-state index contributed by atoms with van der Waals surface area (Å²) in [7, 11) is 0. The Hall–Kier alpha value is -0.0800. The van der Waals surface area contributed by atoms with Gasteiger partial charge >= 0.3 is 0 Å². The summed E-state index contributed by atoms with van der Waals surface area (Å²) in [4.78, 5) is 0. The van der Waals surface area contributed by atoms with Crippen LogP contribution in [0.3, 0.4) is 0 Å². The van der Waals surface area contributed by atoms with Crippen LogP contribution in [-0.4, -0.2) is 26.3 Å². The van der Waals surface area contributed by atoms with Gasteiger partial charge < -0.3 is 10.1 Å². The van der Waals surface area contributed by atoms with E-state index in [0.717, 1.165) is 19.1 Å². The summed E-state index contributed by atoms with van der Waals surface area (Å²) in [6.45, 7) is 6.78. The summed E-state index contributed by atoms with van der Waals surface area (Å²) in [5.41, 5.74) is 0.558. The zero-order valence-corrected chi connectivity index (χ0v) is 8.64. The van der Waals surface area contributed by atoms with Gasteiger partial charge in [-0.25, -0.2) is 0 Å². The molecular formula is C11H21NO.